The Morgan fingerprint density at radius 3 is 2.00 bits per heavy atom. The van der Waals surface area contributed by atoms with Gasteiger partial charge in [0.05, 0.1) is 5.57 Å². The number of aromatic hydroxyl groups is 3. The Bertz CT molecular complexity index is 739. The van der Waals surface area contributed by atoms with Crippen LogP contribution < -0.4 is 0 Å². The third-order valence-electron chi connectivity index (χ3n) is 3.37. The topological polar surface area (TPSA) is 176 Å². The number of carboxylic acids is 1. The number of carboxylic acid groups (broad SMARTS) is 1. The van der Waals surface area contributed by atoms with Crippen LogP contribution in [-0.2, 0) is 4.79 Å². The minimum atomic E-state index is -2.91. The van der Waals surface area contributed by atoms with Crippen molar-refractivity contribution in [2.75, 3.05) is 0 Å². The zero-order chi connectivity index (χ0) is 17.5. The van der Waals surface area contributed by atoms with Crippen molar-refractivity contribution in [3.63, 3.8) is 0 Å². The average Bonchev–Trinajstić information content (AvgIpc) is 2.48. The number of benzene rings is 1. The first-order valence-corrected chi connectivity index (χ1v) is 6.15. The zero-order valence-corrected chi connectivity index (χ0v) is 11.3. The monoisotopic (exact) mass is 324 g/mol. The summed E-state index contributed by atoms with van der Waals surface area (Å²) in [5.74, 6) is -6.58. The van der Waals surface area contributed by atoms with Gasteiger partial charge in [0.1, 0.15) is 11.9 Å². The molecule has 1 aromatic rings. The molecular weight excluding hydrogens is 312 g/mol. The minimum Gasteiger partial charge on any atom is -0.509 e. The lowest BCUT2D eigenvalue weighted by atomic mass is 9.81. The normalized spacial score (nSPS) is 23.8. The number of aliphatic carboxylic acids is 1. The SMILES string of the molecule is O=C(O)C1=CC(O)C(O)(C(=O)c2cc(O)c(O)c(O)c2)C(O)=C1. The second kappa shape index (κ2) is 5.30. The fraction of sp³-hybridized carbons (Fsp3) is 0.143. The van der Waals surface area contributed by atoms with Gasteiger partial charge >= 0.3 is 5.97 Å². The molecular formula is C14H12O9. The molecule has 0 aromatic heterocycles. The maximum atomic E-state index is 12.3. The van der Waals surface area contributed by atoms with Crippen LogP contribution in [0, 0.1) is 0 Å². The average molecular weight is 324 g/mol. The van der Waals surface area contributed by atoms with E-state index in [4.69, 9.17) is 5.11 Å². The molecule has 2 rings (SSSR count). The number of aliphatic hydroxyl groups is 3. The Morgan fingerprint density at radius 1 is 1.04 bits per heavy atom. The zero-order valence-electron chi connectivity index (χ0n) is 11.3. The van der Waals surface area contributed by atoms with E-state index in [0.717, 1.165) is 0 Å². The van der Waals surface area contributed by atoms with Gasteiger partial charge in [0, 0.05) is 5.56 Å². The summed E-state index contributed by atoms with van der Waals surface area (Å²) < 4.78 is 0. The molecule has 9 heteroatoms. The van der Waals surface area contributed by atoms with Crippen molar-refractivity contribution in [2.24, 2.45) is 0 Å². The highest BCUT2D eigenvalue weighted by molar-refractivity contribution is 6.06. The predicted octanol–water partition coefficient (Wildman–Crippen LogP) is -0.455. The Morgan fingerprint density at radius 2 is 1.57 bits per heavy atom. The number of carbonyl (C=O) groups excluding carboxylic acids is 1. The van der Waals surface area contributed by atoms with E-state index in [-0.39, 0.29) is 0 Å². The van der Waals surface area contributed by atoms with Crippen LogP contribution in [-0.4, -0.2) is 59.2 Å². The molecule has 0 heterocycles. The van der Waals surface area contributed by atoms with Crippen LogP contribution in [0.4, 0.5) is 0 Å². The van der Waals surface area contributed by atoms with Crippen molar-refractivity contribution in [3.8, 4) is 17.2 Å². The molecule has 1 aliphatic carbocycles. The standard InChI is InChI=1S/C14H12O9/c15-7-1-5(2-8(16)11(7)19)12(20)14(23)9(17)3-6(13(21)22)4-10(14)18/h1-4,9,15-19,23H,(H,21,22). The van der Waals surface area contributed by atoms with E-state index in [2.05, 4.69) is 0 Å². The number of aliphatic hydroxyl groups excluding tert-OH is 2. The first-order chi connectivity index (χ1) is 10.6. The molecule has 0 radical (unpaired) electrons. The van der Waals surface area contributed by atoms with Gasteiger partial charge in [-0.2, -0.15) is 0 Å². The summed E-state index contributed by atoms with van der Waals surface area (Å²) in [7, 11) is 0. The number of hydrogen-bond acceptors (Lipinski definition) is 8. The van der Waals surface area contributed by atoms with Gasteiger partial charge < -0.3 is 35.7 Å². The van der Waals surface area contributed by atoms with Crippen molar-refractivity contribution in [3.05, 3.63) is 41.2 Å². The summed E-state index contributed by atoms with van der Waals surface area (Å²) in [6.07, 6.45) is -0.850. The van der Waals surface area contributed by atoms with Crippen molar-refractivity contribution in [2.45, 2.75) is 11.7 Å². The van der Waals surface area contributed by atoms with E-state index >= 15 is 0 Å². The second-order valence-electron chi connectivity index (χ2n) is 4.86. The Hall–Kier alpha value is -3.04. The molecule has 1 aliphatic rings. The summed E-state index contributed by atoms with van der Waals surface area (Å²) >= 11 is 0. The fourth-order valence-corrected chi connectivity index (χ4v) is 2.09. The number of carbonyl (C=O) groups is 2. The van der Waals surface area contributed by atoms with E-state index in [9.17, 15) is 40.2 Å². The summed E-state index contributed by atoms with van der Waals surface area (Å²) in [6.45, 7) is 0. The van der Waals surface area contributed by atoms with Crippen LogP contribution >= 0.6 is 0 Å². The summed E-state index contributed by atoms with van der Waals surface area (Å²) in [5.41, 5.74) is -3.98. The number of phenolic OH excluding ortho intramolecular Hbond substituents is 3. The van der Waals surface area contributed by atoms with Gasteiger partial charge in [-0.1, -0.05) is 0 Å². The minimum absolute atomic E-state index is 0.536. The van der Waals surface area contributed by atoms with E-state index in [0.29, 0.717) is 24.3 Å². The first kappa shape index (κ1) is 16.3. The van der Waals surface area contributed by atoms with Gasteiger partial charge in [-0.25, -0.2) is 4.79 Å². The number of hydrogen-bond donors (Lipinski definition) is 7. The lowest BCUT2D eigenvalue weighted by Gasteiger charge is -2.32. The summed E-state index contributed by atoms with van der Waals surface area (Å²) in [6, 6.07) is 1.40. The van der Waals surface area contributed by atoms with Gasteiger partial charge in [-0.05, 0) is 24.3 Å². The Balaban J connectivity index is 2.51. The molecule has 1 aromatic carbocycles. The third kappa shape index (κ3) is 2.47. The predicted molar refractivity (Wildman–Crippen MR) is 73.2 cm³/mol. The van der Waals surface area contributed by atoms with Crippen LogP contribution in [0.15, 0.2) is 35.6 Å². The number of ketones is 1. The highest BCUT2D eigenvalue weighted by Crippen LogP contribution is 2.38. The van der Waals surface area contributed by atoms with Crippen LogP contribution in [0.3, 0.4) is 0 Å². The van der Waals surface area contributed by atoms with Gasteiger partial charge in [-0.3, -0.25) is 4.79 Å². The van der Waals surface area contributed by atoms with Crippen molar-refractivity contribution >= 4 is 11.8 Å². The quantitative estimate of drug-likeness (QED) is 0.286. The number of rotatable bonds is 3. The highest BCUT2D eigenvalue weighted by Gasteiger charge is 2.49. The lowest BCUT2D eigenvalue weighted by molar-refractivity contribution is -0.132. The molecule has 0 spiro atoms. The fourth-order valence-electron chi connectivity index (χ4n) is 2.09. The van der Waals surface area contributed by atoms with Crippen LogP contribution in [0.1, 0.15) is 10.4 Å². The summed E-state index contributed by atoms with van der Waals surface area (Å²) in [4.78, 5) is 23.2. The highest BCUT2D eigenvalue weighted by atomic mass is 16.4. The molecule has 7 N–H and O–H groups in total. The third-order valence-corrected chi connectivity index (χ3v) is 3.37. The molecule has 2 atom stereocenters. The smallest absolute Gasteiger partial charge is 0.335 e. The Labute approximate surface area is 128 Å². The van der Waals surface area contributed by atoms with Crippen LogP contribution in [0.2, 0.25) is 0 Å². The molecule has 0 saturated carbocycles. The number of Topliss-reactive ketones (excluding diaryl/α,β-unsaturated/α-hetero) is 1. The van der Waals surface area contributed by atoms with Crippen molar-refractivity contribution in [1.29, 1.82) is 0 Å². The molecule has 9 nitrogen and oxygen atoms in total. The number of phenols is 3. The molecule has 2 unspecified atom stereocenters. The maximum absolute atomic E-state index is 12.3. The van der Waals surface area contributed by atoms with Gasteiger partial charge in [-0.15, -0.1) is 0 Å². The first-order valence-electron chi connectivity index (χ1n) is 6.15. The second-order valence-corrected chi connectivity index (χ2v) is 4.86. The lowest BCUT2D eigenvalue weighted by Crippen LogP contribution is -2.52. The van der Waals surface area contributed by atoms with Crippen molar-refractivity contribution in [1.82, 2.24) is 0 Å². The van der Waals surface area contributed by atoms with E-state index in [1.807, 2.05) is 0 Å². The van der Waals surface area contributed by atoms with Gasteiger partial charge in [0.25, 0.3) is 0 Å². The van der Waals surface area contributed by atoms with Gasteiger partial charge in [0.2, 0.25) is 11.4 Å². The van der Waals surface area contributed by atoms with E-state index < -0.39 is 57.6 Å². The molecule has 0 aliphatic heterocycles. The molecule has 23 heavy (non-hydrogen) atoms. The largest absolute Gasteiger partial charge is 0.509 e. The maximum Gasteiger partial charge on any atom is 0.335 e. The molecule has 0 saturated heterocycles. The van der Waals surface area contributed by atoms with E-state index in [1.165, 1.54) is 0 Å². The molecule has 0 bridgehead atoms. The molecule has 122 valence electrons. The van der Waals surface area contributed by atoms with Crippen LogP contribution in [0.5, 0.6) is 17.2 Å². The van der Waals surface area contributed by atoms with Gasteiger partial charge in [0.15, 0.2) is 17.2 Å². The Kier molecular flexibility index (Phi) is 3.77. The summed E-state index contributed by atoms with van der Waals surface area (Å²) in [5, 5.41) is 66.8. The van der Waals surface area contributed by atoms with Crippen LogP contribution in [0.25, 0.3) is 0 Å². The molecule has 0 amide bonds. The molecule has 0 fully saturated rings. The van der Waals surface area contributed by atoms with E-state index in [1.54, 1.807) is 0 Å². The van der Waals surface area contributed by atoms with Crippen molar-refractivity contribution < 1.29 is 45.3 Å².